The van der Waals surface area contributed by atoms with Crippen LogP contribution in [0.1, 0.15) is 25.0 Å². The van der Waals surface area contributed by atoms with Crippen molar-refractivity contribution in [3.8, 4) is 0 Å². The maximum Gasteiger partial charge on any atom is 0.321 e. The Hall–Kier alpha value is -1.52. The Morgan fingerprint density at radius 2 is 2.43 bits per heavy atom. The largest absolute Gasteiger partial charge is 0.338 e. The van der Waals surface area contributed by atoms with E-state index in [-0.39, 0.29) is 6.03 Å². The first kappa shape index (κ1) is 9.05. The molecule has 1 fully saturated rings. The molecule has 0 spiro atoms. The molecular formula is C9H13N3O2. The summed E-state index contributed by atoms with van der Waals surface area (Å²) in [5.41, 5.74) is 0.754. The summed E-state index contributed by atoms with van der Waals surface area (Å²) in [7, 11) is 0. The molecule has 0 saturated heterocycles. The Morgan fingerprint density at radius 3 is 2.93 bits per heavy atom. The predicted octanol–water partition coefficient (Wildman–Crippen LogP) is 1.66. The maximum atomic E-state index is 11.3. The molecule has 0 bridgehead atoms. The Labute approximate surface area is 81.8 Å². The lowest BCUT2D eigenvalue weighted by Gasteiger charge is -2.25. The van der Waals surface area contributed by atoms with E-state index in [2.05, 4.69) is 15.8 Å². The van der Waals surface area contributed by atoms with Crippen LogP contribution in [-0.4, -0.2) is 17.2 Å². The minimum Gasteiger partial charge on any atom is -0.338 e. The molecule has 0 unspecified atom stereocenters. The molecular weight excluding hydrogens is 182 g/mol. The highest BCUT2D eigenvalue weighted by Crippen LogP contribution is 2.18. The summed E-state index contributed by atoms with van der Waals surface area (Å²) in [6, 6.07) is 1.80. The molecule has 2 amide bonds. The van der Waals surface area contributed by atoms with E-state index in [0.717, 1.165) is 18.5 Å². The number of aromatic nitrogens is 1. The second kappa shape index (κ2) is 3.69. The summed E-state index contributed by atoms with van der Waals surface area (Å²) < 4.78 is 4.85. The zero-order chi connectivity index (χ0) is 9.97. The fourth-order valence-electron chi connectivity index (χ4n) is 1.31. The van der Waals surface area contributed by atoms with Crippen molar-refractivity contribution >= 4 is 11.9 Å². The molecule has 0 atom stereocenters. The average Bonchev–Trinajstić information content (AvgIpc) is 2.44. The van der Waals surface area contributed by atoms with Gasteiger partial charge in [0, 0.05) is 12.1 Å². The first-order chi connectivity index (χ1) is 6.74. The zero-order valence-electron chi connectivity index (χ0n) is 8.04. The number of urea groups is 1. The van der Waals surface area contributed by atoms with E-state index in [4.69, 9.17) is 4.52 Å². The number of hydrogen-bond donors (Lipinski definition) is 2. The smallest absolute Gasteiger partial charge is 0.321 e. The number of amides is 2. The van der Waals surface area contributed by atoms with Gasteiger partial charge in [0.2, 0.25) is 5.88 Å². The first-order valence-electron chi connectivity index (χ1n) is 4.75. The quantitative estimate of drug-likeness (QED) is 0.754. The van der Waals surface area contributed by atoms with Crippen LogP contribution in [0.3, 0.4) is 0 Å². The van der Waals surface area contributed by atoms with Crippen LogP contribution in [0.15, 0.2) is 10.6 Å². The van der Waals surface area contributed by atoms with Gasteiger partial charge in [0.1, 0.15) is 0 Å². The third-order valence-corrected chi connectivity index (χ3v) is 2.31. The summed E-state index contributed by atoms with van der Waals surface area (Å²) >= 11 is 0. The Kier molecular flexibility index (Phi) is 2.39. The second-order valence-electron chi connectivity index (χ2n) is 3.56. The normalized spacial score (nSPS) is 16.1. The molecule has 1 aromatic heterocycles. The fraction of sp³-hybridized carbons (Fsp3) is 0.556. The van der Waals surface area contributed by atoms with Crippen molar-refractivity contribution in [1.29, 1.82) is 0 Å². The monoisotopic (exact) mass is 195 g/mol. The standard InChI is InChI=1S/C9H13N3O2/c1-6-5-8(14-12-6)11-9(13)10-7-3-2-4-7/h5,7H,2-4H2,1H3,(H2,10,11,13). The molecule has 1 aliphatic carbocycles. The van der Waals surface area contributed by atoms with Crippen molar-refractivity contribution in [2.24, 2.45) is 0 Å². The van der Waals surface area contributed by atoms with Gasteiger partial charge in [-0.15, -0.1) is 0 Å². The van der Waals surface area contributed by atoms with Gasteiger partial charge in [-0.05, 0) is 26.2 Å². The van der Waals surface area contributed by atoms with Crippen LogP contribution in [0.5, 0.6) is 0 Å². The molecule has 76 valence electrons. The van der Waals surface area contributed by atoms with Crippen molar-refractivity contribution in [1.82, 2.24) is 10.5 Å². The molecule has 1 heterocycles. The molecule has 0 aromatic carbocycles. The van der Waals surface area contributed by atoms with E-state index in [1.54, 1.807) is 13.0 Å². The van der Waals surface area contributed by atoms with E-state index in [9.17, 15) is 4.79 Å². The number of rotatable bonds is 2. The van der Waals surface area contributed by atoms with Gasteiger partial charge in [-0.2, -0.15) is 0 Å². The highest BCUT2D eigenvalue weighted by Gasteiger charge is 2.19. The SMILES string of the molecule is Cc1cc(NC(=O)NC2CCC2)on1. The number of nitrogens with one attached hydrogen (secondary N) is 2. The van der Waals surface area contributed by atoms with Crippen LogP contribution >= 0.6 is 0 Å². The molecule has 1 aromatic rings. The Morgan fingerprint density at radius 1 is 1.64 bits per heavy atom. The van der Waals surface area contributed by atoms with Crippen molar-refractivity contribution < 1.29 is 9.32 Å². The number of carbonyl (C=O) groups excluding carboxylic acids is 1. The lowest BCUT2D eigenvalue weighted by atomic mass is 9.93. The number of carbonyl (C=O) groups is 1. The maximum absolute atomic E-state index is 11.3. The summed E-state index contributed by atoms with van der Waals surface area (Å²) in [5.74, 6) is 0.388. The Bertz CT molecular complexity index is 331. The molecule has 0 radical (unpaired) electrons. The minimum absolute atomic E-state index is 0.217. The zero-order valence-corrected chi connectivity index (χ0v) is 8.04. The van der Waals surface area contributed by atoms with E-state index in [1.807, 2.05) is 0 Å². The molecule has 5 heteroatoms. The van der Waals surface area contributed by atoms with Crippen LogP contribution in [0, 0.1) is 6.92 Å². The van der Waals surface area contributed by atoms with Crippen LogP contribution < -0.4 is 10.6 Å². The van der Waals surface area contributed by atoms with Crippen molar-refractivity contribution in [3.63, 3.8) is 0 Å². The van der Waals surface area contributed by atoms with Crippen molar-refractivity contribution in [2.45, 2.75) is 32.2 Å². The van der Waals surface area contributed by atoms with Crippen molar-refractivity contribution in [3.05, 3.63) is 11.8 Å². The van der Waals surface area contributed by atoms with Gasteiger partial charge in [-0.25, -0.2) is 4.79 Å². The molecule has 2 rings (SSSR count). The van der Waals surface area contributed by atoms with E-state index < -0.39 is 0 Å². The van der Waals surface area contributed by atoms with Gasteiger partial charge in [-0.3, -0.25) is 5.32 Å². The number of hydrogen-bond acceptors (Lipinski definition) is 3. The lowest BCUT2D eigenvalue weighted by Crippen LogP contribution is -2.41. The number of nitrogens with zero attached hydrogens (tertiary/aromatic N) is 1. The van der Waals surface area contributed by atoms with E-state index in [1.165, 1.54) is 6.42 Å². The highest BCUT2D eigenvalue weighted by molar-refractivity contribution is 5.88. The van der Waals surface area contributed by atoms with Gasteiger partial charge < -0.3 is 9.84 Å². The Balaban J connectivity index is 1.81. The predicted molar refractivity (Wildman–Crippen MR) is 51.0 cm³/mol. The average molecular weight is 195 g/mol. The summed E-state index contributed by atoms with van der Waals surface area (Å²) in [6.45, 7) is 1.80. The molecule has 14 heavy (non-hydrogen) atoms. The van der Waals surface area contributed by atoms with Gasteiger partial charge in [0.15, 0.2) is 0 Å². The molecule has 2 N–H and O–H groups in total. The van der Waals surface area contributed by atoms with E-state index >= 15 is 0 Å². The van der Waals surface area contributed by atoms with Crippen LogP contribution in [0.2, 0.25) is 0 Å². The molecule has 5 nitrogen and oxygen atoms in total. The van der Waals surface area contributed by atoms with Gasteiger partial charge in [0.25, 0.3) is 0 Å². The first-order valence-corrected chi connectivity index (χ1v) is 4.75. The molecule has 0 aliphatic heterocycles. The lowest BCUT2D eigenvalue weighted by molar-refractivity contribution is 0.239. The van der Waals surface area contributed by atoms with Gasteiger partial charge in [0.05, 0.1) is 5.69 Å². The minimum atomic E-state index is -0.217. The number of anilines is 1. The molecule has 1 aliphatic rings. The van der Waals surface area contributed by atoms with Crippen LogP contribution in [-0.2, 0) is 0 Å². The topological polar surface area (TPSA) is 67.2 Å². The van der Waals surface area contributed by atoms with Crippen LogP contribution in [0.25, 0.3) is 0 Å². The second-order valence-corrected chi connectivity index (χ2v) is 3.56. The molecule has 1 saturated carbocycles. The third-order valence-electron chi connectivity index (χ3n) is 2.31. The fourth-order valence-corrected chi connectivity index (χ4v) is 1.31. The third kappa shape index (κ3) is 2.04. The van der Waals surface area contributed by atoms with E-state index in [0.29, 0.717) is 11.9 Å². The highest BCUT2D eigenvalue weighted by atomic mass is 16.5. The van der Waals surface area contributed by atoms with Gasteiger partial charge >= 0.3 is 6.03 Å². The summed E-state index contributed by atoms with van der Waals surface area (Å²) in [5, 5.41) is 9.08. The van der Waals surface area contributed by atoms with Crippen LogP contribution in [0.4, 0.5) is 10.7 Å². The summed E-state index contributed by atoms with van der Waals surface area (Å²) in [4.78, 5) is 11.3. The van der Waals surface area contributed by atoms with Crippen molar-refractivity contribution in [2.75, 3.05) is 5.32 Å². The summed E-state index contributed by atoms with van der Waals surface area (Å²) in [6.07, 6.45) is 3.35. The van der Waals surface area contributed by atoms with Gasteiger partial charge in [-0.1, -0.05) is 5.16 Å². The number of aryl methyl sites for hydroxylation is 1.